The van der Waals surface area contributed by atoms with Crippen LogP contribution in [0.5, 0.6) is 0 Å². The molecule has 3 heteroatoms. The van der Waals surface area contributed by atoms with E-state index in [1.807, 2.05) is 6.08 Å². The molecule has 0 bridgehead atoms. The number of aliphatic hydroxyl groups is 1. The molecule has 0 heterocycles. The van der Waals surface area contributed by atoms with Gasteiger partial charge in [0.05, 0.1) is 0 Å². The van der Waals surface area contributed by atoms with Crippen LogP contribution >= 0.6 is 11.6 Å². The summed E-state index contributed by atoms with van der Waals surface area (Å²) in [5.74, 6) is 9.79. The number of halogens is 1. The first-order valence-corrected chi connectivity index (χ1v) is 11.8. The van der Waals surface area contributed by atoms with Crippen molar-refractivity contribution in [1.29, 1.82) is 0 Å². The van der Waals surface area contributed by atoms with Gasteiger partial charge in [-0.2, -0.15) is 0 Å². The van der Waals surface area contributed by atoms with Gasteiger partial charge in [0.15, 0.2) is 5.78 Å². The zero-order valence-electron chi connectivity index (χ0n) is 17.7. The predicted molar refractivity (Wildman–Crippen MR) is 114 cm³/mol. The Morgan fingerprint density at radius 2 is 1.96 bits per heavy atom. The molecule has 0 aromatic heterocycles. The van der Waals surface area contributed by atoms with Gasteiger partial charge in [-0.05, 0) is 80.1 Å². The van der Waals surface area contributed by atoms with Crippen LogP contribution < -0.4 is 0 Å². The molecule has 4 rings (SSSR count). The molecule has 28 heavy (non-hydrogen) atoms. The van der Waals surface area contributed by atoms with E-state index >= 15 is 0 Å². The van der Waals surface area contributed by atoms with Crippen molar-refractivity contribution in [3.63, 3.8) is 0 Å². The lowest BCUT2D eigenvalue weighted by atomic mass is 9.45. The van der Waals surface area contributed by atoms with Gasteiger partial charge in [-0.1, -0.05) is 32.3 Å². The maximum Gasteiger partial charge on any atom is 0.155 e. The number of carbonyl (C=O) groups is 1. The summed E-state index contributed by atoms with van der Waals surface area (Å²) >= 11 is 5.78. The van der Waals surface area contributed by atoms with Crippen LogP contribution in [0.3, 0.4) is 0 Å². The predicted octanol–water partition coefficient (Wildman–Crippen LogP) is 5.52. The number of hydrogen-bond acceptors (Lipinski definition) is 2. The number of rotatable bonds is 2. The van der Waals surface area contributed by atoms with Crippen LogP contribution in [0.25, 0.3) is 0 Å². The van der Waals surface area contributed by atoms with E-state index in [-0.39, 0.29) is 10.8 Å². The number of alkyl halides is 1. The van der Waals surface area contributed by atoms with Crippen LogP contribution in [-0.2, 0) is 4.79 Å². The molecule has 3 fully saturated rings. The minimum atomic E-state index is -0.849. The molecule has 4 aliphatic carbocycles. The van der Waals surface area contributed by atoms with E-state index in [1.54, 1.807) is 0 Å². The summed E-state index contributed by atoms with van der Waals surface area (Å²) in [4.78, 5) is 12.1. The monoisotopic (exact) mass is 402 g/mol. The van der Waals surface area contributed by atoms with Crippen LogP contribution in [0.15, 0.2) is 11.6 Å². The molecule has 0 aromatic carbocycles. The third-order valence-electron chi connectivity index (χ3n) is 9.16. The van der Waals surface area contributed by atoms with E-state index in [4.69, 9.17) is 11.6 Å². The molecular weight excluding hydrogens is 368 g/mol. The molecule has 3 saturated carbocycles. The maximum atomic E-state index is 12.1. The Bertz CT molecular complexity index is 745. The Balaban J connectivity index is 1.63. The number of ketones is 1. The fraction of sp³-hybridized carbons (Fsp3) is 0.800. The van der Waals surface area contributed by atoms with Gasteiger partial charge < -0.3 is 5.11 Å². The standard InChI is InChI=1S/C25H35ClO2/c1-17-15-19-20(23(2)11-7-18(27)16-22(17)23)8-12-24(3)21(19)9-13-25(24,28)10-5-4-6-14-26/h16-17,19-21,28H,4,6-9,11-15H2,1-3H3/t17-,19+,20-,21-,23+,24-,25-/m0/s1. The fourth-order valence-corrected chi connectivity index (χ4v) is 7.70. The summed E-state index contributed by atoms with van der Waals surface area (Å²) < 4.78 is 0. The van der Waals surface area contributed by atoms with E-state index in [9.17, 15) is 9.90 Å². The molecule has 0 spiro atoms. The number of carbonyl (C=O) groups excluding carboxylic acids is 1. The maximum absolute atomic E-state index is 12.1. The average Bonchev–Trinajstić information content (AvgIpc) is 2.92. The molecule has 0 saturated heterocycles. The Labute approximate surface area is 175 Å². The molecule has 0 radical (unpaired) electrons. The van der Waals surface area contributed by atoms with Crippen LogP contribution in [-0.4, -0.2) is 22.4 Å². The first-order valence-electron chi connectivity index (χ1n) is 11.3. The molecule has 0 unspecified atom stereocenters. The van der Waals surface area contributed by atoms with Crippen LogP contribution in [0.4, 0.5) is 0 Å². The van der Waals surface area contributed by atoms with Gasteiger partial charge in [0.25, 0.3) is 0 Å². The molecule has 7 atom stereocenters. The van der Waals surface area contributed by atoms with Gasteiger partial charge in [-0.3, -0.25) is 4.79 Å². The van der Waals surface area contributed by atoms with E-state index in [1.165, 1.54) is 5.57 Å². The summed E-state index contributed by atoms with van der Waals surface area (Å²) in [6.45, 7) is 7.05. The highest BCUT2D eigenvalue weighted by Gasteiger charge is 2.64. The molecule has 1 N–H and O–H groups in total. The number of fused-ring (bicyclic) bond motifs is 5. The molecule has 154 valence electrons. The fourth-order valence-electron chi connectivity index (χ4n) is 7.57. The van der Waals surface area contributed by atoms with Crippen molar-refractivity contribution in [3.05, 3.63) is 11.6 Å². The van der Waals surface area contributed by atoms with Crippen molar-refractivity contribution in [2.45, 2.75) is 84.2 Å². The van der Waals surface area contributed by atoms with Crippen molar-refractivity contribution in [1.82, 2.24) is 0 Å². The average molecular weight is 403 g/mol. The highest BCUT2D eigenvalue weighted by atomic mass is 35.5. The number of allylic oxidation sites excluding steroid dienone is 1. The molecule has 4 aliphatic rings. The van der Waals surface area contributed by atoms with Gasteiger partial charge in [-0.25, -0.2) is 0 Å². The SMILES string of the molecule is C[C@H]1C[C@@H]2[C@H](CC[C@@]3(C)[C@H]2CC[C@@]3(O)C#CCCCCl)[C@@]2(C)CCC(=O)C=C12. The summed E-state index contributed by atoms with van der Waals surface area (Å²) in [5.41, 5.74) is 0.633. The highest BCUT2D eigenvalue weighted by Crippen LogP contribution is 2.68. The molecule has 0 aromatic rings. The minimum Gasteiger partial charge on any atom is -0.377 e. The van der Waals surface area contributed by atoms with E-state index in [0.717, 1.165) is 51.4 Å². The van der Waals surface area contributed by atoms with E-state index in [0.29, 0.717) is 41.8 Å². The summed E-state index contributed by atoms with van der Waals surface area (Å²) in [5, 5.41) is 11.6. The molecule has 0 aliphatic heterocycles. The number of hydrogen-bond donors (Lipinski definition) is 1. The smallest absolute Gasteiger partial charge is 0.155 e. The van der Waals surface area contributed by atoms with Crippen LogP contribution in [0, 0.1) is 46.3 Å². The zero-order valence-corrected chi connectivity index (χ0v) is 18.4. The van der Waals surface area contributed by atoms with E-state index < -0.39 is 5.60 Å². The second-order valence-corrected chi connectivity index (χ2v) is 10.8. The minimum absolute atomic E-state index is 0.107. The van der Waals surface area contributed by atoms with Crippen molar-refractivity contribution in [2.75, 3.05) is 5.88 Å². The lowest BCUT2D eigenvalue weighted by Gasteiger charge is -2.60. The van der Waals surface area contributed by atoms with Crippen LogP contribution in [0.1, 0.15) is 78.6 Å². The number of unbranched alkanes of at least 4 members (excludes halogenated alkanes) is 1. The topological polar surface area (TPSA) is 37.3 Å². The molecule has 0 amide bonds. The second-order valence-electron chi connectivity index (χ2n) is 10.4. The Morgan fingerprint density at radius 1 is 1.21 bits per heavy atom. The van der Waals surface area contributed by atoms with Crippen molar-refractivity contribution in [3.8, 4) is 11.8 Å². The Morgan fingerprint density at radius 3 is 2.71 bits per heavy atom. The Hall–Kier alpha value is -0.780. The third kappa shape index (κ3) is 2.92. The van der Waals surface area contributed by atoms with Crippen molar-refractivity contribution >= 4 is 17.4 Å². The van der Waals surface area contributed by atoms with Gasteiger partial charge in [-0.15, -0.1) is 17.5 Å². The molecular formula is C25H35ClO2. The summed E-state index contributed by atoms with van der Waals surface area (Å²) in [6, 6.07) is 0. The molecule has 2 nitrogen and oxygen atoms in total. The highest BCUT2D eigenvalue weighted by molar-refractivity contribution is 6.17. The first-order chi connectivity index (χ1) is 13.2. The van der Waals surface area contributed by atoms with Crippen LogP contribution in [0.2, 0.25) is 0 Å². The van der Waals surface area contributed by atoms with Crippen molar-refractivity contribution in [2.24, 2.45) is 34.5 Å². The summed E-state index contributed by atoms with van der Waals surface area (Å²) in [6.07, 6.45) is 10.6. The van der Waals surface area contributed by atoms with Crippen molar-refractivity contribution < 1.29 is 9.90 Å². The van der Waals surface area contributed by atoms with Gasteiger partial charge >= 0.3 is 0 Å². The van der Waals surface area contributed by atoms with E-state index in [2.05, 4.69) is 32.6 Å². The first kappa shape index (κ1) is 20.5. The van der Waals surface area contributed by atoms with Gasteiger partial charge in [0.1, 0.15) is 5.60 Å². The normalized spacial score (nSPS) is 47.3. The summed E-state index contributed by atoms with van der Waals surface area (Å²) in [7, 11) is 0. The third-order valence-corrected chi connectivity index (χ3v) is 9.43. The Kier molecular flexibility index (Phi) is 5.25. The second kappa shape index (κ2) is 7.17. The van der Waals surface area contributed by atoms with Gasteiger partial charge in [0, 0.05) is 24.1 Å². The largest absolute Gasteiger partial charge is 0.377 e. The quantitative estimate of drug-likeness (QED) is 0.375. The van der Waals surface area contributed by atoms with Gasteiger partial charge in [0.2, 0.25) is 0 Å². The zero-order chi connectivity index (χ0) is 20.2. The lowest BCUT2D eigenvalue weighted by Crippen LogP contribution is -2.55. The lowest BCUT2D eigenvalue weighted by molar-refractivity contribution is -0.121.